The Morgan fingerprint density at radius 2 is 1.74 bits per heavy atom. The van der Waals surface area contributed by atoms with Crippen molar-refractivity contribution in [3.05, 3.63) is 59.2 Å². The molecule has 0 aliphatic rings. The molecular weight excluding hydrogens is 302 g/mol. The lowest BCUT2D eigenvalue weighted by Crippen LogP contribution is -1.95. The fourth-order valence-electron chi connectivity index (χ4n) is 1.97. The predicted octanol–water partition coefficient (Wildman–Crippen LogP) is 4.32. The van der Waals surface area contributed by atoms with Gasteiger partial charge in [-0.1, -0.05) is 28.1 Å². The number of benzene rings is 2. The number of pyridine rings is 1. The predicted molar refractivity (Wildman–Crippen MR) is 83.6 cm³/mol. The second-order valence-corrected chi connectivity index (χ2v) is 5.10. The van der Waals surface area contributed by atoms with Crippen LogP contribution in [0.5, 0.6) is 0 Å². The highest BCUT2D eigenvalue weighted by atomic mass is 79.9. The van der Waals surface area contributed by atoms with Gasteiger partial charge in [-0.3, -0.25) is 0 Å². The third-order valence-corrected chi connectivity index (χ3v) is 3.62. The Kier molecular flexibility index (Phi) is 3.09. The lowest BCUT2D eigenvalue weighted by atomic mass is 10.1. The Hall–Kier alpha value is -2.07. The molecule has 0 aliphatic heterocycles. The zero-order valence-electron chi connectivity index (χ0n) is 10.1. The third kappa shape index (κ3) is 2.39. The Morgan fingerprint density at radius 3 is 2.53 bits per heavy atom. The molecule has 1 heterocycles. The molecule has 4 heteroatoms. The molecule has 0 radical (unpaired) electrons. The maximum absolute atomic E-state index is 5.68. The maximum Gasteiger partial charge on any atom is 0.138 e. The van der Waals surface area contributed by atoms with Crippen LogP contribution in [0.3, 0.4) is 0 Å². The minimum Gasteiger partial charge on any atom is -0.399 e. The second kappa shape index (κ2) is 4.90. The van der Waals surface area contributed by atoms with E-state index in [1.807, 2.05) is 48.5 Å². The van der Waals surface area contributed by atoms with Gasteiger partial charge in [0.2, 0.25) is 0 Å². The molecule has 3 aromatic rings. The Balaban J connectivity index is 2.06. The molecule has 0 atom stereocenters. The molecule has 0 spiro atoms. The van der Waals surface area contributed by atoms with Gasteiger partial charge in [-0.2, -0.15) is 0 Å². The number of nitrogens with one attached hydrogen (secondary N) is 1. The Labute approximate surface area is 119 Å². The number of fused-ring (bicyclic) bond motifs is 1. The summed E-state index contributed by atoms with van der Waals surface area (Å²) in [4.78, 5) is 4.40. The van der Waals surface area contributed by atoms with Crippen molar-refractivity contribution >= 4 is 43.9 Å². The van der Waals surface area contributed by atoms with Crippen LogP contribution < -0.4 is 11.1 Å². The van der Waals surface area contributed by atoms with E-state index in [0.29, 0.717) is 0 Å². The highest BCUT2D eigenvalue weighted by Gasteiger charge is 2.04. The first kappa shape index (κ1) is 12.0. The minimum atomic E-state index is 0.749. The molecule has 0 saturated carbocycles. The summed E-state index contributed by atoms with van der Waals surface area (Å²) in [5, 5.41) is 5.53. The van der Waals surface area contributed by atoms with Gasteiger partial charge in [-0.15, -0.1) is 0 Å². The molecule has 94 valence electrons. The van der Waals surface area contributed by atoms with Gasteiger partial charge in [0.05, 0.1) is 0 Å². The van der Waals surface area contributed by atoms with Crippen LogP contribution in [-0.4, -0.2) is 4.98 Å². The van der Waals surface area contributed by atoms with Crippen molar-refractivity contribution in [2.45, 2.75) is 0 Å². The summed E-state index contributed by atoms with van der Waals surface area (Å²) >= 11 is 3.55. The summed E-state index contributed by atoms with van der Waals surface area (Å²) in [6.07, 6.45) is 1.80. The first-order valence-electron chi connectivity index (χ1n) is 5.90. The number of hydrogen-bond donors (Lipinski definition) is 2. The average Bonchev–Trinajstić information content (AvgIpc) is 2.43. The van der Waals surface area contributed by atoms with Crippen molar-refractivity contribution in [3.8, 4) is 0 Å². The molecule has 0 amide bonds. The number of nitrogens with zero attached hydrogens (tertiary/aromatic N) is 1. The smallest absolute Gasteiger partial charge is 0.138 e. The van der Waals surface area contributed by atoms with Gasteiger partial charge in [0, 0.05) is 32.8 Å². The van der Waals surface area contributed by atoms with E-state index in [-0.39, 0.29) is 0 Å². The lowest BCUT2D eigenvalue weighted by Gasteiger charge is -2.09. The fourth-order valence-corrected chi connectivity index (χ4v) is 2.47. The first-order chi connectivity index (χ1) is 9.24. The van der Waals surface area contributed by atoms with Gasteiger partial charge >= 0.3 is 0 Å². The number of nitrogens with two attached hydrogens (primary N) is 1. The standard InChI is InChI=1S/C15H12BrN3/c16-14-3-1-2-13-12(14)8-9-18-15(13)19-11-6-4-10(17)5-7-11/h1-9H,17H2,(H,18,19). The molecule has 19 heavy (non-hydrogen) atoms. The molecule has 0 unspecified atom stereocenters. The maximum atomic E-state index is 5.68. The molecule has 0 fully saturated rings. The number of aromatic nitrogens is 1. The molecular formula is C15H12BrN3. The zero-order chi connectivity index (χ0) is 13.2. The first-order valence-corrected chi connectivity index (χ1v) is 6.69. The molecule has 3 rings (SSSR count). The Bertz CT molecular complexity index is 723. The summed E-state index contributed by atoms with van der Waals surface area (Å²) in [6, 6.07) is 15.7. The van der Waals surface area contributed by atoms with E-state index in [0.717, 1.165) is 32.4 Å². The average molecular weight is 314 g/mol. The zero-order valence-corrected chi connectivity index (χ0v) is 11.7. The van der Waals surface area contributed by atoms with E-state index in [2.05, 4.69) is 26.2 Å². The molecule has 0 bridgehead atoms. The minimum absolute atomic E-state index is 0.749. The summed E-state index contributed by atoms with van der Waals surface area (Å²) in [5.74, 6) is 0.837. The number of hydrogen-bond acceptors (Lipinski definition) is 3. The van der Waals surface area contributed by atoms with Crippen LogP contribution in [-0.2, 0) is 0 Å². The van der Waals surface area contributed by atoms with E-state index in [1.54, 1.807) is 6.20 Å². The van der Waals surface area contributed by atoms with E-state index in [4.69, 9.17) is 5.73 Å². The Morgan fingerprint density at radius 1 is 0.947 bits per heavy atom. The molecule has 2 aromatic carbocycles. The van der Waals surface area contributed by atoms with Crippen molar-refractivity contribution in [2.75, 3.05) is 11.1 Å². The number of anilines is 3. The summed E-state index contributed by atoms with van der Waals surface area (Å²) in [6.45, 7) is 0. The van der Waals surface area contributed by atoms with Gasteiger partial charge in [-0.05, 0) is 36.4 Å². The second-order valence-electron chi connectivity index (χ2n) is 4.24. The van der Waals surface area contributed by atoms with E-state index < -0.39 is 0 Å². The normalized spacial score (nSPS) is 10.6. The monoisotopic (exact) mass is 313 g/mol. The van der Waals surface area contributed by atoms with E-state index >= 15 is 0 Å². The SMILES string of the molecule is Nc1ccc(Nc2nccc3c(Br)cccc23)cc1. The van der Waals surface area contributed by atoms with Crippen molar-refractivity contribution in [3.63, 3.8) is 0 Å². The van der Waals surface area contributed by atoms with Gasteiger partial charge in [-0.25, -0.2) is 4.98 Å². The van der Waals surface area contributed by atoms with Gasteiger partial charge in [0.15, 0.2) is 0 Å². The van der Waals surface area contributed by atoms with Crippen molar-refractivity contribution < 1.29 is 0 Å². The third-order valence-electron chi connectivity index (χ3n) is 2.93. The van der Waals surface area contributed by atoms with E-state index in [9.17, 15) is 0 Å². The van der Waals surface area contributed by atoms with Crippen LogP contribution in [0.1, 0.15) is 0 Å². The van der Waals surface area contributed by atoms with Crippen LogP contribution in [0.15, 0.2) is 59.2 Å². The highest BCUT2D eigenvalue weighted by molar-refractivity contribution is 9.10. The quantitative estimate of drug-likeness (QED) is 0.693. The van der Waals surface area contributed by atoms with E-state index in [1.165, 1.54) is 0 Å². The highest BCUT2D eigenvalue weighted by Crippen LogP contribution is 2.29. The summed E-state index contributed by atoms with van der Waals surface area (Å²) in [5.41, 5.74) is 7.40. The van der Waals surface area contributed by atoms with Gasteiger partial charge in [0.1, 0.15) is 5.82 Å². The van der Waals surface area contributed by atoms with Crippen LogP contribution >= 0.6 is 15.9 Å². The topological polar surface area (TPSA) is 50.9 Å². The number of rotatable bonds is 2. The van der Waals surface area contributed by atoms with Crippen LogP contribution in [0.25, 0.3) is 10.8 Å². The molecule has 3 nitrogen and oxygen atoms in total. The fraction of sp³-hybridized carbons (Fsp3) is 0. The molecule has 0 aliphatic carbocycles. The van der Waals surface area contributed by atoms with Gasteiger partial charge < -0.3 is 11.1 Å². The number of nitrogen functional groups attached to an aromatic ring is 1. The molecule has 3 N–H and O–H groups in total. The largest absolute Gasteiger partial charge is 0.399 e. The molecule has 1 aromatic heterocycles. The van der Waals surface area contributed by atoms with Crippen LogP contribution in [0.2, 0.25) is 0 Å². The number of halogens is 1. The van der Waals surface area contributed by atoms with Crippen molar-refractivity contribution in [1.82, 2.24) is 4.98 Å². The van der Waals surface area contributed by atoms with Crippen molar-refractivity contribution in [2.24, 2.45) is 0 Å². The van der Waals surface area contributed by atoms with Gasteiger partial charge in [0.25, 0.3) is 0 Å². The summed E-state index contributed by atoms with van der Waals surface area (Å²) in [7, 11) is 0. The van der Waals surface area contributed by atoms with Crippen LogP contribution in [0.4, 0.5) is 17.2 Å². The molecule has 0 saturated heterocycles. The summed E-state index contributed by atoms with van der Waals surface area (Å²) < 4.78 is 1.06. The van der Waals surface area contributed by atoms with Crippen LogP contribution in [0, 0.1) is 0 Å². The lowest BCUT2D eigenvalue weighted by molar-refractivity contribution is 1.34. The van der Waals surface area contributed by atoms with Crippen molar-refractivity contribution in [1.29, 1.82) is 0 Å².